The lowest BCUT2D eigenvalue weighted by molar-refractivity contribution is 0.0956. The first-order chi connectivity index (χ1) is 15.2. The van der Waals surface area contributed by atoms with E-state index in [1.165, 1.54) is 11.8 Å². The predicted octanol–water partition coefficient (Wildman–Crippen LogP) is 5.57. The van der Waals surface area contributed by atoms with Gasteiger partial charge in [0.25, 0.3) is 5.91 Å². The summed E-state index contributed by atoms with van der Waals surface area (Å²) in [6.45, 7) is 4.40. The Morgan fingerprint density at radius 2 is 1.84 bits per heavy atom. The quantitative estimate of drug-likeness (QED) is 0.335. The number of hydrogen-bond donors (Lipinski definition) is 1. The molecular formula is C26H24N4O. The lowest BCUT2D eigenvalue weighted by Gasteiger charge is -2.11. The Kier molecular flexibility index (Phi) is 6.13. The molecule has 2 aromatic carbocycles. The SMILES string of the molecule is CCC(C)c1ccc(-c2cc(C(=O)N/N=C\c3ccccn3)c3ccccc3n2)cc1. The van der Waals surface area contributed by atoms with E-state index in [0.29, 0.717) is 17.2 Å². The molecule has 2 aromatic heterocycles. The van der Waals surface area contributed by atoms with Crippen LogP contribution < -0.4 is 5.43 Å². The van der Waals surface area contributed by atoms with Gasteiger partial charge >= 0.3 is 0 Å². The van der Waals surface area contributed by atoms with Crippen molar-refractivity contribution < 1.29 is 4.79 Å². The van der Waals surface area contributed by atoms with Crippen molar-refractivity contribution in [2.75, 3.05) is 0 Å². The Morgan fingerprint density at radius 3 is 2.58 bits per heavy atom. The van der Waals surface area contributed by atoms with Crippen LogP contribution in [0, 0.1) is 0 Å². The topological polar surface area (TPSA) is 67.2 Å². The van der Waals surface area contributed by atoms with Crippen molar-refractivity contribution in [2.24, 2.45) is 5.10 Å². The summed E-state index contributed by atoms with van der Waals surface area (Å²) < 4.78 is 0. The van der Waals surface area contributed by atoms with E-state index in [1.807, 2.05) is 48.5 Å². The number of nitrogens with zero attached hydrogens (tertiary/aromatic N) is 3. The number of benzene rings is 2. The normalized spacial score (nSPS) is 12.2. The van der Waals surface area contributed by atoms with Gasteiger partial charge in [-0.15, -0.1) is 0 Å². The fraction of sp³-hybridized carbons (Fsp3) is 0.154. The standard InChI is InChI=1S/C26H24N4O/c1-3-18(2)19-11-13-20(14-12-19)25-16-23(22-9-4-5-10-24(22)29-25)26(31)30-28-17-21-8-6-7-15-27-21/h4-18H,3H2,1-2H3,(H,30,31)/b28-17-. The Labute approximate surface area is 181 Å². The third-order valence-corrected chi connectivity index (χ3v) is 5.40. The second-order valence-corrected chi connectivity index (χ2v) is 7.46. The Bertz CT molecular complexity index is 1220. The van der Waals surface area contributed by atoms with Crippen LogP contribution in [0.5, 0.6) is 0 Å². The van der Waals surface area contributed by atoms with Crippen molar-refractivity contribution in [3.05, 3.63) is 95.8 Å². The van der Waals surface area contributed by atoms with Crippen molar-refractivity contribution in [1.82, 2.24) is 15.4 Å². The van der Waals surface area contributed by atoms with E-state index in [2.05, 4.69) is 53.6 Å². The highest BCUT2D eigenvalue weighted by Crippen LogP contribution is 2.27. The van der Waals surface area contributed by atoms with Crippen LogP contribution in [-0.2, 0) is 0 Å². The number of hydrogen-bond acceptors (Lipinski definition) is 4. The van der Waals surface area contributed by atoms with Crippen LogP contribution in [0.25, 0.3) is 22.2 Å². The summed E-state index contributed by atoms with van der Waals surface area (Å²) >= 11 is 0. The molecule has 5 heteroatoms. The molecule has 0 aliphatic carbocycles. The van der Waals surface area contributed by atoms with E-state index in [-0.39, 0.29) is 5.91 Å². The zero-order valence-electron chi connectivity index (χ0n) is 17.6. The number of carbonyl (C=O) groups excluding carboxylic acids is 1. The number of rotatable bonds is 6. The van der Waals surface area contributed by atoms with Gasteiger partial charge in [0.2, 0.25) is 0 Å². The lowest BCUT2D eigenvalue weighted by atomic mass is 9.96. The summed E-state index contributed by atoms with van der Waals surface area (Å²) in [6.07, 6.45) is 4.30. The fourth-order valence-electron chi connectivity index (χ4n) is 3.40. The molecule has 4 aromatic rings. The van der Waals surface area contributed by atoms with Crippen molar-refractivity contribution in [3.63, 3.8) is 0 Å². The number of pyridine rings is 2. The molecule has 0 radical (unpaired) electrons. The van der Waals surface area contributed by atoms with Crippen LogP contribution in [-0.4, -0.2) is 22.1 Å². The smallest absolute Gasteiger partial charge is 0.267 e. The third kappa shape index (κ3) is 4.67. The summed E-state index contributed by atoms with van der Waals surface area (Å²) in [6, 6.07) is 23.4. The highest BCUT2D eigenvalue weighted by atomic mass is 16.2. The first-order valence-electron chi connectivity index (χ1n) is 10.4. The predicted molar refractivity (Wildman–Crippen MR) is 125 cm³/mol. The number of fused-ring (bicyclic) bond motifs is 1. The average Bonchev–Trinajstić information content (AvgIpc) is 2.83. The Hall–Kier alpha value is -3.86. The molecule has 0 fully saturated rings. The van der Waals surface area contributed by atoms with Gasteiger partial charge < -0.3 is 0 Å². The number of para-hydroxylation sites is 1. The molecule has 0 saturated heterocycles. The summed E-state index contributed by atoms with van der Waals surface area (Å²) in [7, 11) is 0. The maximum atomic E-state index is 12.9. The van der Waals surface area contributed by atoms with Crippen molar-refractivity contribution in [2.45, 2.75) is 26.2 Å². The molecule has 0 bridgehead atoms. The van der Waals surface area contributed by atoms with Gasteiger partial charge in [0.05, 0.1) is 28.7 Å². The van der Waals surface area contributed by atoms with E-state index in [1.54, 1.807) is 6.20 Å². The molecule has 4 rings (SSSR count). The van der Waals surface area contributed by atoms with E-state index in [9.17, 15) is 4.79 Å². The van der Waals surface area contributed by atoms with Gasteiger partial charge in [-0.2, -0.15) is 5.10 Å². The van der Waals surface area contributed by atoms with Crippen LogP contribution in [0.15, 0.2) is 84.1 Å². The van der Waals surface area contributed by atoms with Crippen molar-refractivity contribution in [3.8, 4) is 11.3 Å². The van der Waals surface area contributed by atoms with Crippen molar-refractivity contribution >= 4 is 23.0 Å². The molecule has 1 unspecified atom stereocenters. The number of carbonyl (C=O) groups is 1. The highest BCUT2D eigenvalue weighted by molar-refractivity contribution is 6.07. The molecule has 5 nitrogen and oxygen atoms in total. The number of hydrazone groups is 1. The second-order valence-electron chi connectivity index (χ2n) is 7.46. The minimum atomic E-state index is -0.289. The third-order valence-electron chi connectivity index (χ3n) is 5.40. The molecular weight excluding hydrogens is 384 g/mol. The lowest BCUT2D eigenvalue weighted by Crippen LogP contribution is -2.18. The van der Waals surface area contributed by atoms with Gasteiger partial charge in [0, 0.05) is 17.1 Å². The summed E-state index contributed by atoms with van der Waals surface area (Å²) in [5.41, 5.74) is 7.62. The van der Waals surface area contributed by atoms with Gasteiger partial charge in [0.1, 0.15) is 0 Å². The Balaban J connectivity index is 1.66. The number of amides is 1. The largest absolute Gasteiger partial charge is 0.272 e. The van der Waals surface area contributed by atoms with Gasteiger partial charge in [-0.3, -0.25) is 9.78 Å². The molecule has 0 aliphatic heterocycles. The van der Waals surface area contributed by atoms with E-state index in [4.69, 9.17) is 4.98 Å². The number of nitrogens with one attached hydrogen (secondary N) is 1. The molecule has 1 N–H and O–H groups in total. The van der Waals surface area contributed by atoms with Gasteiger partial charge in [-0.25, -0.2) is 10.4 Å². The molecule has 1 amide bonds. The molecule has 1 atom stereocenters. The molecule has 154 valence electrons. The van der Waals surface area contributed by atoms with Crippen molar-refractivity contribution in [1.29, 1.82) is 0 Å². The van der Waals surface area contributed by atoms with Crippen LogP contribution >= 0.6 is 0 Å². The van der Waals surface area contributed by atoms with E-state index in [0.717, 1.165) is 28.6 Å². The van der Waals surface area contributed by atoms with Crippen LogP contribution in [0.2, 0.25) is 0 Å². The molecule has 0 aliphatic rings. The zero-order valence-corrected chi connectivity index (χ0v) is 17.6. The monoisotopic (exact) mass is 408 g/mol. The van der Waals surface area contributed by atoms with Crippen LogP contribution in [0.3, 0.4) is 0 Å². The first-order valence-corrected chi connectivity index (χ1v) is 10.4. The fourth-order valence-corrected chi connectivity index (χ4v) is 3.40. The van der Waals surface area contributed by atoms with Gasteiger partial charge in [-0.05, 0) is 42.2 Å². The van der Waals surface area contributed by atoms with Crippen LogP contribution in [0.4, 0.5) is 0 Å². The van der Waals surface area contributed by atoms with Gasteiger partial charge in [-0.1, -0.05) is 62.4 Å². The van der Waals surface area contributed by atoms with E-state index >= 15 is 0 Å². The first kappa shape index (κ1) is 20.4. The summed E-state index contributed by atoms with van der Waals surface area (Å²) in [5.74, 6) is 0.222. The van der Waals surface area contributed by atoms with Gasteiger partial charge in [0.15, 0.2) is 0 Å². The Morgan fingerprint density at radius 1 is 1.06 bits per heavy atom. The molecule has 31 heavy (non-hydrogen) atoms. The molecule has 0 spiro atoms. The molecule has 0 saturated carbocycles. The second kappa shape index (κ2) is 9.30. The minimum absolute atomic E-state index is 0.289. The van der Waals surface area contributed by atoms with Crippen LogP contribution in [0.1, 0.15) is 47.8 Å². The highest BCUT2D eigenvalue weighted by Gasteiger charge is 2.14. The summed E-state index contributed by atoms with van der Waals surface area (Å²) in [4.78, 5) is 21.9. The maximum Gasteiger partial charge on any atom is 0.272 e. The minimum Gasteiger partial charge on any atom is -0.267 e. The summed E-state index contributed by atoms with van der Waals surface area (Å²) in [5, 5.41) is 4.85. The maximum absolute atomic E-state index is 12.9. The zero-order chi connectivity index (χ0) is 21.6. The molecule has 2 heterocycles. The van der Waals surface area contributed by atoms with E-state index < -0.39 is 0 Å². The average molecular weight is 409 g/mol. The number of aromatic nitrogens is 2.